The molecule has 16 aromatic rings. The number of aromatic nitrogens is 2. The molecule has 2 heteroatoms. The Kier molecular flexibility index (Phi) is 11.1. The molecule has 0 unspecified atom stereocenters. The maximum Gasteiger partial charge on any atom is 0.0725 e. The van der Waals surface area contributed by atoms with Crippen LogP contribution in [0.3, 0.4) is 0 Å². The third-order valence-corrected chi connectivity index (χ3v) is 22.7. The molecule has 0 aliphatic heterocycles. The monoisotopic (exact) mass is 1210 g/mol. The second kappa shape index (κ2) is 19.4. The number of rotatable bonds is 6. The fourth-order valence-corrected chi connectivity index (χ4v) is 17.9. The quantitative estimate of drug-likeness (QED) is 0.157. The van der Waals surface area contributed by atoms with Crippen LogP contribution in [0.15, 0.2) is 291 Å². The van der Waals surface area contributed by atoms with Gasteiger partial charge in [-0.25, -0.2) is 0 Å². The van der Waals surface area contributed by atoms with Crippen molar-refractivity contribution in [3.8, 4) is 100 Å². The van der Waals surface area contributed by atoms with Crippen molar-refractivity contribution in [2.75, 3.05) is 0 Å². The van der Waals surface area contributed by atoms with Gasteiger partial charge in [0.25, 0.3) is 0 Å². The Labute approximate surface area is 554 Å². The molecular weight excluding hydrogens is 1150 g/mol. The fourth-order valence-electron chi connectivity index (χ4n) is 17.9. The van der Waals surface area contributed by atoms with Crippen molar-refractivity contribution in [2.24, 2.45) is 0 Å². The van der Waals surface area contributed by atoms with Crippen LogP contribution in [0.4, 0.5) is 0 Å². The maximum atomic E-state index is 2.56. The summed E-state index contributed by atoms with van der Waals surface area (Å²) in [5, 5.41) is 5.08. The van der Waals surface area contributed by atoms with E-state index in [-0.39, 0.29) is 10.8 Å². The second-order valence-corrected chi connectivity index (χ2v) is 28.5. The van der Waals surface area contributed by atoms with Gasteiger partial charge in [0.2, 0.25) is 0 Å². The minimum Gasteiger partial charge on any atom is -0.309 e. The van der Waals surface area contributed by atoms with Crippen molar-refractivity contribution in [2.45, 2.75) is 57.8 Å². The molecule has 4 aliphatic rings. The van der Waals surface area contributed by atoms with Crippen LogP contribution in [-0.2, 0) is 16.2 Å². The molecule has 448 valence electrons. The van der Waals surface area contributed by atoms with Crippen molar-refractivity contribution in [1.82, 2.24) is 9.13 Å². The average molecular weight is 1210 g/mol. The van der Waals surface area contributed by atoms with Crippen LogP contribution in [0.25, 0.3) is 144 Å². The van der Waals surface area contributed by atoms with Crippen LogP contribution in [0.1, 0.15) is 83.3 Å². The minimum absolute atomic E-state index is 0.225. The van der Waals surface area contributed by atoms with Crippen molar-refractivity contribution in [1.29, 1.82) is 0 Å². The SMILES string of the molecule is Cc1ccc(-n2c3ccccc3c3cc(-c4ccc5c(c4)C(C)(C)c4cc(-c6ccc7c(c6)C6(c8ccccc8-c8ccccc86)c6cc(-c8ccc9c(c8)C(C)(C)c8cc(-c%10ccc%11c(c%10)c%10ccccc%10n%11-c%10ccc(C)cc%10)ccc8-9)ccc6-7)ccc4-5)ccc32)cc1. The van der Waals surface area contributed by atoms with Gasteiger partial charge in [0.1, 0.15) is 0 Å². The highest BCUT2D eigenvalue weighted by molar-refractivity contribution is 6.12. The molecule has 1 spiro atoms. The molecule has 95 heavy (non-hydrogen) atoms. The van der Waals surface area contributed by atoms with Crippen molar-refractivity contribution in [3.05, 3.63) is 347 Å². The Morgan fingerprint density at radius 3 is 0.832 bits per heavy atom. The predicted molar refractivity (Wildman–Crippen MR) is 398 cm³/mol. The van der Waals surface area contributed by atoms with E-state index in [2.05, 4.69) is 342 Å². The molecular formula is C93H66N2. The zero-order chi connectivity index (χ0) is 63.4. The number of aryl methyl sites for hydroxylation is 2. The Hall–Kier alpha value is -11.3. The first-order valence-electron chi connectivity index (χ1n) is 33.7. The van der Waals surface area contributed by atoms with Crippen LogP contribution >= 0.6 is 0 Å². The molecule has 2 heterocycles. The molecule has 0 saturated heterocycles. The van der Waals surface area contributed by atoms with E-state index in [1.807, 2.05) is 0 Å². The lowest BCUT2D eigenvalue weighted by atomic mass is 9.70. The average Bonchev–Trinajstić information content (AvgIpc) is 1.51. The zero-order valence-corrected chi connectivity index (χ0v) is 54.1. The second-order valence-electron chi connectivity index (χ2n) is 28.5. The highest BCUT2D eigenvalue weighted by atomic mass is 15.0. The van der Waals surface area contributed by atoms with Crippen molar-refractivity contribution < 1.29 is 0 Å². The Balaban J connectivity index is 0.654. The number of hydrogen-bond acceptors (Lipinski definition) is 0. The molecule has 4 aliphatic carbocycles. The van der Waals surface area contributed by atoms with E-state index >= 15 is 0 Å². The highest BCUT2D eigenvalue weighted by Gasteiger charge is 2.52. The number of para-hydroxylation sites is 2. The normalized spacial score (nSPS) is 14.5. The molecule has 0 N–H and O–H groups in total. The molecule has 20 rings (SSSR count). The van der Waals surface area contributed by atoms with Gasteiger partial charge in [0, 0.05) is 43.7 Å². The largest absolute Gasteiger partial charge is 0.309 e. The van der Waals surface area contributed by atoms with Gasteiger partial charge in [-0.15, -0.1) is 0 Å². The first-order valence-corrected chi connectivity index (χ1v) is 33.7. The lowest BCUT2D eigenvalue weighted by molar-refractivity contribution is 0.660. The first kappa shape index (κ1) is 54.3. The first-order chi connectivity index (χ1) is 46.4. The molecule has 0 amide bonds. The summed E-state index contributed by atoms with van der Waals surface area (Å²) in [6.45, 7) is 14.0. The van der Waals surface area contributed by atoms with E-state index in [9.17, 15) is 0 Å². The minimum atomic E-state index is -0.521. The van der Waals surface area contributed by atoms with E-state index in [1.165, 1.54) is 200 Å². The third-order valence-electron chi connectivity index (χ3n) is 22.7. The Bertz CT molecular complexity index is 5660. The molecule has 0 radical (unpaired) electrons. The van der Waals surface area contributed by atoms with Crippen molar-refractivity contribution in [3.63, 3.8) is 0 Å². The van der Waals surface area contributed by atoms with Crippen molar-refractivity contribution >= 4 is 43.6 Å². The summed E-state index contributed by atoms with van der Waals surface area (Å²) >= 11 is 0. The maximum absolute atomic E-state index is 2.56. The van der Waals surface area contributed by atoms with E-state index < -0.39 is 5.41 Å². The molecule has 0 saturated carbocycles. The Morgan fingerprint density at radius 1 is 0.211 bits per heavy atom. The molecule has 2 aromatic heterocycles. The summed E-state index contributed by atoms with van der Waals surface area (Å²) in [7, 11) is 0. The third kappa shape index (κ3) is 7.46. The number of fused-ring (bicyclic) bond motifs is 22. The molecule has 0 bridgehead atoms. The van der Waals surface area contributed by atoms with Gasteiger partial charge in [-0.05, 0) is 244 Å². The van der Waals surface area contributed by atoms with Crippen LogP contribution in [0.5, 0.6) is 0 Å². The molecule has 2 nitrogen and oxygen atoms in total. The lowest BCUT2D eigenvalue weighted by Gasteiger charge is -2.31. The smallest absolute Gasteiger partial charge is 0.0725 e. The van der Waals surface area contributed by atoms with Crippen LogP contribution in [0, 0.1) is 13.8 Å². The summed E-state index contributed by atoms with van der Waals surface area (Å²) < 4.78 is 4.82. The summed E-state index contributed by atoms with van der Waals surface area (Å²) in [6, 6.07) is 112. The van der Waals surface area contributed by atoms with E-state index in [1.54, 1.807) is 0 Å². The standard InChI is InChI=1S/C93H66N2/c1-55-23-35-65(36-24-55)94-87-21-13-9-17-75(87)77-47-57(33-45-89(77)94)59-27-39-69-71-41-29-61(51-83(71)91(3,4)81(69)49-59)63-31-43-73-74-44-32-64(54-86(74)93(85(73)53-63)79-19-11-7-15-67(79)68-16-8-12-20-80(68)93)62-30-42-72-70-40-28-60(50-82(70)92(5,6)84(72)52-62)58-34-46-90-78(48-58)76-18-10-14-22-88(76)95(90)66-37-25-56(2)26-38-66/h7-54H,1-6H3. The topological polar surface area (TPSA) is 9.86 Å². The predicted octanol–water partition coefficient (Wildman–Crippen LogP) is 24.1. The summed E-state index contributed by atoms with van der Waals surface area (Å²) in [5.74, 6) is 0. The van der Waals surface area contributed by atoms with Gasteiger partial charge in [-0.3, -0.25) is 0 Å². The van der Waals surface area contributed by atoms with E-state index in [0.29, 0.717) is 0 Å². The zero-order valence-electron chi connectivity index (χ0n) is 54.1. The lowest BCUT2D eigenvalue weighted by Crippen LogP contribution is -2.26. The summed E-state index contributed by atoms with van der Waals surface area (Å²) in [6.07, 6.45) is 0. The van der Waals surface area contributed by atoms with E-state index in [0.717, 1.165) is 0 Å². The summed E-state index contributed by atoms with van der Waals surface area (Å²) in [4.78, 5) is 0. The number of hydrogen-bond donors (Lipinski definition) is 0. The van der Waals surface area contributed by atoms with E-state index in [4.69, 9.17) is 0 Å². The number of nitrogens with zero attached hydrogens (tertiary/aromatic N) is 2. The molecule has 14 aromatic carbocycles. The van der Waals surface area contributed by atoms with Crippen LogP contribution < -0.4 is 0 Å². The Morgan fingerprint density at radius 2 is 0.474 bits per heavy atom. The van der Waals surface area contributed by atoms with Crippen LogP contribution in [0.2, 0.25) is 0 Å². The van der Waals surface area contributed by atoms with Gasteiger partial charge in [-0.1, -0.05) is 233 Å². The number of benzene rings is 14. The van der Waals surface area contributed by atoms with Gasteiger partial charge in [0.05, 0.1) is 27.5 Å². The van der Waals surface area contributed by atoms with Crippen LogP contribution in [-0.4, -0.2) is 9.13 Å². The summed E-state index contributed by atoms with van der Waals surface area (Å²) in [5.41, 5.74) is 40.1. The van der Waals surface area contributed by atoms with Gasteiger partial charge in [-0.2, -0.15) is 0 Å². The fraction of sp³-hybridized carbons (Fsp3) is 0.0968. The highest BCUT2D eigenvalue weighted by Crippen LogP contribution is 2.64. The molecule has 0 fully saturated rings. The molecule has 0 atom stereocenters. The van der Waals surface area contributed by atoms with Gasteiger partial charge < -0.3 is 9.13 Å². The van der Waals surface area contributed by atoms with Gasteiger partial charge >= 0.3 is 0 Å². The van der Waals surface area contributed by atoms with Gasteiger partial charge in [0.15, 0.2) is 0 Å².